The van der Waals surface area contributed by atoms with Gasteiger partial charge in [0.25, 0.3) is 0 Å². The van der Waals surface area contributed by atoms with Gasteiger partial charge < -0.3 is 73.3 Å². The van der Waals surface area contributed by atoms with Gasteiger partial charge in [0.15, 0.2) is 18.9 Å². The van der Waals surface area contributed by atoms with Gasteiger partial charge in [-0.05, 0) is 69.0 Å². The van der Waals surface area contributed by atoms with Crippen LogP contribution < -0.4 is 0 Å². The van der Waals surface area contributed by atoms with E-state index in [2.05, 4.69) is 0 Å². The van der Waals surface area contributed by atoms with E-state index in [4.69, 9.17) is 37.6 Å². The highest BCUT2D eigenvalue weighted by Crippen LogP contribution is 2.33. The van der Waals surface area contributed by atoms with E-state index in [9.17, 15) is 40.5 Å². The standard InChI is InChI=1S/C33H52O16Si/c1-12-13(2)15(4)21(16(5)14(12)3)30(41)43-9-18-17(6)22(34)26(38)33(46-18)49-29-20(48-31(42-7)28(40)25(29)37)10-44-32-27(39)24(36)23(35)19(47-32)11-45-50-8/h17-20,22-29,31-40H,9-11H2,1-8H3. The second-order valence-electron chi connectivity index (χ2n) is 13.2. The Labute approximate surface area is 294 Å². The van der Waals surface area contributed by atoms with Crippen molar-refractivity contribution in [2.24, 2.45) is 5.92 Å². The molecule has 0 aliphatic carbocycles. The van der Waals surface area contributed by atoms with Crippen molar-refractivity contribution in [2.75, 3.05) is 26.9 Å². The van der Waals surface area contributed by atoms with E-state index in [1.807, 2.05) is 34.6 Å². The summed E-state index contributed by atoms with van der Waals surface area (Å²) in [5.74, 6) is -1.29. The number of benzene rings is 1. The maximum Gasteiger partial charge on any atom is 0.338 e. The Bertz CT molecular complexity index is 1270. The molecule has 1 aromatic carbocycles. The zero-order chi connectivity index (χ0) is 37.2. The number of rotatable bonds is 12. The molecule has 3 aliphatic rings. The monoisotopic (exact) mass is 732 g/mol. The molecule has 284 valence electrons. The van der Waals surface area contributed by atoms with Crippen molar-refractivity contribution < 1.29 is 78.1 Å². The Morgan fingerprint density at radius 1 is 0.640 bits per heavy atom. The van der Waals surface area contributed by atoms with E-state index in [1.165, 1.54) is 7.11 Å². The quantitative estimate of drug-likeness (QED) is 0.0953. The largest absolute Gasteiger partial charge is 0.459 e. The average Bonchev–Trinajstić information content (AvgIpc) is 3.10. The normalized spacial score (nSPS) is 39.4. The highest BCUT2D eigenvalue weighted by molar-refractivity contribution is 6.24. The summed E-state index contributed by atoms with van der Waals surface area (Å²) in [6.45, 7) is 12.1. The smallest absolute Gasteiger partial charge is 0.338 e. The van der Waals surface area contributed by atoms with Crippen LogP contribution >= 0.6 is 0 Å². The number of esters is 1. The summed E-state index contributed by atoms with van der Waals surface area (Å²) in [5, 5.41) is 75.0. The Kier molecular flexibility index (Phi) is 14.3. The van der Waals surface area contributed by atoms with Crippen molar-refractivity contribution in [1.29, 1.82) is 0 Å². The van der Waals surface area contributed by atoms with E-state index < -0.39 is 105 Å². The van der Waals surface area contributed by atoms with Gasteiger partial charge in [0, 0.05) is 13.0 Å². The lowest BCUT2D eigenvalue weighted by atomic mass is 9.89. The summed E-state index contributed by atoms with van der Waals surface area (Å²) in [4.78, 5) is 13.3. The molecule has 3 saturated heterocycles. The second-order valence-corrected chi connectivity index (χ2v) is 13.9. The molecule has 3 aliphatic heterocycles. The number of hydrogen-bond donors (Lipinski definition) is 7. The van der Waals surface area contributed by atoms with Crippen LogP contribution in [0.15, 0.2) is 0 Å². The highest BCUT2D eigenvalue weighted by atomic mass is 28.2. The molecule has 15 unspecified atom stereocenters. The molecule has 50 heavy (non-hydrogen) atoms. The van der Waals surface area contributed by atoms with Crippen LogP contribution in [0.2, 0.25) is 6.55 Å². The van der Waals surface area contributed by atoms with Crippen molar-refractivity contribution in [3.05, 3.63) is 33.4 Å². The van der Waals surface area contributed by atoms with Gasteiger partial charge in [-0.15, -0.1) is 0 Å². The Balaban J connectivity index is 1.49. The molecule has 0 bridgehead atoms. The number of hydrogen-bond acceptors (Lipinski definition) is 16. The van der Waals surface area contributed by atoms with Crippen LogP contribution in [0, 0.1) is 40.5 Å². The molecule has 17 heteroatoms. The zero-order valence-electron chi connectivity index (χ0n) is 29.6. The van der Waals surface area contributed by atoms with Crippen molar-refractivity contribution >= 4 is 15.7 Å². The fraction of sp³-hybridized carbons (Fsp3) is 0.788. The second kappa shape index (κ2) is 17.4. The van der Waals surface area contributed by atoms with Crippen molar-refractivity contribution in [3.63, 3.8) is 0 Å². The van der Waals surface area contributed by atoms with Crippen LogP contribution in [0.5, 0.6) is 0 Å². The predicted octanol–water partition coefficient (Wildman–Crippen LogP) is -1.55. The van der Waals surface area contributed by atoms with Crippen LogP contribution in [0.1, 0.15) is 45.1 Å². The third-order valence-electron chi connectivity index (χ3n) is 10.3. The minimum absolute atomic E-state index is 0.0729. The molecule has 0 amide bonds. The summed E-state index contributed by atoms with van der Waals surface area (Å²) >= 11 is 0. The van der Waals surface area contributed by atoms with E-state index in [-0.39, 0.29) is 23.0 Å². The van der Waals surface area contributed by atoms with Crippen LogP contribution in [-0.2, 0) is 37.6 Å². The van der Waals surface area contributed by atoms with Crippen LogP contribution in [0.4, 0.5) is 0 Å². The maximum atomic E-state index is 13.3. The molecular formula is C33H52O16Si. The Morgan fingerprint density at radius 3 is 1.78 bits per heavy atom. The number of ether oxygens (including phenoxy) is 7. The minimum Gasteiger partial charge on any atom is -0.459 e. The van der Waals surface area contributed by atoms with Gasteiger partial charge >= 0.3 is 5.97 Å². The average molecular weight is 733 g/mol. The molecule has 4 rings (SSSR count). The summed E-state index contributed by atoms with van der Waals surface area (Å²) in [6.07, 6.45) is -20.2. The molecule has 16 nitrogen and oxygen atoms in total. The summed E-state index contributed by atoms with van der Waals surface area (Å²) in [7, 11) is 1.31. The van der Waals surface area contributed by atoms with Crippen molar-refractivity contribution in [3.8, 4) is 0 Å². The SMILES string of the molecule is COC1OC(COC2OC(CO[Si]C)C(O)C(O)C2O)C(OC2OC(COC(=O)c3c(C)c(C)c(C)c(C)c3C)C(C)C(O)C2O)C(O)C1O. The van der Waals surface area contributed by atoms with Gasteiger partial charge in [-0.2, -0.15) is 0 Å². The molecule has 7 N–H and O–H groups in total. The fourth-order valence-corrected chi connectivity index (χ4v) is 6.84. The Hall–Kier alpha value is -1.65. The summed E-state index contributed by atoms with van der Waals surface area (Å²) in [6, 6.07) is 0. The van der Waals surface area contributed by atoms with Gasteiger partial charge in [-0.3, -0.25) is 0 Å². The van der Waals surface area contributed by atoms with Crippen LogP contribution in [0.25, 0.3) is 0 Å². The summed E-state index contributed by atoms with van der Waals surface area (Å²) in [5.41, 5.74) is 5.06. The maximum absolute atomic E-state index is 13.3. The fourth-order valence-electron chi connectivity index (χ4n) is 6.51. The molecule has 3 fully saturated rings. The third-order valence-corrected chi connectivity index (χ3v) is 10.8. The summed E-state index contributed by atoms with van der Waals surface area (Å²) < 4.78 is 45.3. The first-order chi connectivity index (χ1) is 23.5. The molecular weight excluding hydrogens is 680 g/mol. The van der Waals surface area contributed by atoms with Crippen LogP contribution in [-0.4, -0.2) is 164 Å². The number of aliphatic hydroxyl groups excluding tert-OH is 7. The first kappa shape index (κ1) is 41.1. The van der Waals surface area contributed by atoms with Gasteiger partial charge in [-0.25, -0.2) is 4.79 Å². The molecule has 0 saturated carbocycles. The zero-order valence-corrected chi connectivity index (χ0v) is 30.6. The van der Waals surface area contributed by atoms with Crippen molar-refractivity contribution in [2.45, 2.75) is 134 Å². The molecule has 0 spiro atoms. The highest BCUT2D eigenvalue weighted by Gasteiger charge is 2.51. The van der Waals surface area contributed by atoms with Gasteiger partial charge in [0.2, 0.25) is 9.76 Å². The molecule has 1 aromatic rings. The number of methoxy groups -OCH3 is 1. The van der Waals surface area contributed by atoms with E-state index >= 15 is 0 Å². The van der Waals surface area contributed by atoms with E-state index in [0.29, 0.717) is 5.56 Å². The van der Waals surface area contributed by atoms with E-state index in [1.54, 1.807) is 13.5 Å². The lowest BCUT2D eigenvalue weighted by molar-refractivity contribution is -0.362. The molecule has 15 atom stereocenters. The predicted molar refractivity (Wildman–Crippen MR) is 173 cm³/mol. The topological polar surface area (TPSA) is 233 Å². The van der Waals surface area contributed by atoms with Crippen LogP contribution in [0.3, 0.4) is 0 Å². The van der Waals surface area contributed by atoms with Gasteiger partial charge in [-0.1, -0.05) is 6.92 Å². The Morgan fingerprint density at radius 2 is 1.18 bits per heavy atom. The van der Waals surface area contributed by atoms with E-state index in [0.717, 1.165) is 27.8 Å². The third kappa shape index (κ3) is 8.43. The van der Waals surface area contributed by atoms with Gasteiger partial charge in [0.05, 0.1) is 24.9 Å². The molecule has 3 heterocycles. The lowest BCUT2D eigenvalue weighted by Crippen LogP contribution is -2.64. The number of aliphatic hydroxyl groups is 7. The minimum atomic E-state index is -1.69. The first-order valence-corrected chi connectivity index (χ1v) is 18.0. The lowest BCUT2D eigenvalue weighted by Gasteiger charge is -2.47. The number of carbonyl (C=O) groups is 1. The number of carbonyl (C=O) groups excluding carboxylic acids is 1. The van der Waals surface area contributed by atoms with Gasteiger partial charge in [0.1, 0.15) is 67.6 Å². The molecule has 0 aromatic heterocycles. The first-order valence-electron chi connectivity index (χ1n) is 16.6. The molecule has 2 radical (unpaired) electrons. The van der Waals surface area contributed by atoms with Crippen molar-refractivity contribution in [1.82, 2.24) is 0 Å².